The molecule has 0 fully saturated rings. The van der Waals surface area contributed by atoms with Crippen LogP contribution in [0.5, 0.6) is 0 Å². The maximum absolute atomic E-state index is 3.43. The molecule has 0 atom stereocenters. The van der Waals surface area contributed by atoms with Gasteiger partial charge in [0.1, 0.15) is 0 Å². The summed E-state index contributed by atoms with van der Waals surface area (Å²) in [6.45, 7) is 18.2. The fourth-order valence-electron chi connectivity index (χ4n) is 1.29. The zero-order valence-electron chi connectivity index (χ0n) is 13.8. The summed E-state index contributed by atoms with van der Waals surface area (Å²) >= 11 is 0. The van der Waals surface area contributed by atoms with Crippen LogP contribution in [0.4, 0.5) is 0 Å². The highest BCUT2D eigenvalue weighted by molar-refractivity contribution is 4.57. The molecule has 0 spiro atoms. The maximum atomic E-state index is 3.43. The fourth-order valence-corrected chi connectivity index (χ4v) is 1.29. The van der Waals surface area contributed by atoms with Gasteiger partial charge in [0, 0.05) is 19.1 Å². The monoisotopic (exact) mass is 246 g/mol. The van der Waals surface area contributed by atoms with E-state index >= 15 is 0 Å². The Labute approximate surface area is 111 Å². The molecule has 108 valence electrons. The van der Waals surface area contributed by atoms with Gasteiger partial charge < -0.3 is 10.2 Å². The van der Waals surface area contributed by atoms with Crippen LogP contribution < -0.4 is 5.32 Å². The van der Waals surface area contributed by atoms with Crippen LogP contribution in [0.2, 0.25) is 0 Å². The first kappa shape index (κ1) is 22.1. The van der Waals surface area contributed by atoms with Crippen molar-refractivity contribution in [2.45, 2.75) is 73.8 Å². The first-order chi connectivity index (χ1) is 8.16. The molecule has 0 saturated carbocycles. The molecule has 0 unspecified atom stereocenters. The smallest absolute Gasteiger partial charge is 0.0104 e. The summed E-state index contributed by atoms with van der Waals surface area (Å²) in [6.07, 6.45) is 4.02. The number of rotatable bonds is 8. The van der Waals surface area contributed by atoms with Crippen LogP contribution >= 0.6 is 0 Å². The molecule has 0 saturated heterocycles. The number of nitrogens with zero attached hydrogens (tertiary/aromatic N) is 1. The van der Waals surface area contributed by atoms with Crippen LogP contribution in [-0.4, -0.2) is 37.6 Å². The first-order valence-electron chi connectivity index (χ1n) is 7.58. The molecule has 0 aliphatic carbocycles. The van der Waals surface area contributed by atoms with Crippen molar-refractivity contribution in [3.8, 4) is 0 Å². The zero-order valence-corrected chi connectivity index (χ0v) is 13.8. The largest absolute Gasteiger partial charge is 0.313 e. The third-order valence-corrected chi connectivity index (χ3v) is 2.19. The predicted molar refractivity (Wildman–Crippen MR) is 82.9 cm³/mol. The van der Waals surface area contributed by atoms with Gasteiger partial charge in [0.2, 0.25) is 0 Å². The third kappa shape index (κ3) is 25.9. The van der Waals surface area contributed by atoms with Crippen molar-refractivity contribution in [2.24, 2.45) is 0 Å². The van der Waals surface area contributed by atoms with Crippen LogP contribution in [0.3, 0.4) is 0 Å². The summed E-state index contributed by atoms with van der Waals surface area (Å²) < 4.78 is 0. The normalized spacial score (nSPS) is 9.53. The van der Waals surface area contributed by atoms with Crippen LogP contribution in [0, 0.1) is 0 Å². The highest BCUT2D eigenvalue weighted by Crippen LogP contribution is 1.95. The topological polar surface area (TPSA) is 15.3 Å². The Hall–Kier alpha value is -0.0800. The van der Waals surface area contributed by atoms with Crippen molar-refractivity contribution in [2.75, 3.05) is 26.7 Å². The zero-order chi connectivity index (χ0) is 14.1. The standard InChI is InChI=1S/C11H26N2.2C2H6/c1-5-6-7-9-13(4)10-8-12-11(2)3;2*1-2/h11-12H,5-10H2,1-4H3;2*1-2H3. The van der Waals surface area contributed by atoms with Gasteiger partial charge in [-0.05, 0) is 20.0 Å². The van der Waals surface area contributed by atoms with Gasteiger partial charge in [-0.25, -0.2) is 0 Å². The molecule has 0 radical (unpaired) electrons. The molecule has 0 aromatic rings. The van der Waals surface area contributed by atoms with Crippen LogP contribution in [-0.2, 0) is 0 Å². The summed E-state index contributed by atoms with van der Waals surface area (Å²) in [6, 6.07) is 0.615. The number of hydrogen-bond acceptors (Lipinski definition) is 2. The van der Waals surface area contributed by atoms with Crippen molar-refractivity contribution in [1.82, 2.24) is 10.2 Å². The van der Waals surface area contributed by atoms with E-state index in [1.54, 1.807) is 0 Å². The summed E-state index contributed by atoms with van der Waals surface area (Å²) in [4.78, 5) is 2.41. The van der Waals surface area contributed by atoms with E-state index in [0.717, 1.165) is 6.54 Å². The van der Waals surface area contributed by atoms with Crippen molar-refractivity contribution in [3.63, 3.8) is 0 Å². The van der Waals surface area contributed by atoms with Crippen molar-refractivity contribution >= 4 is 0 Å². The Kier molecular flexibility index (Phi) is 27.6. The lowest BCUT2D eigenvalue weighted by Gasteiger charge is -2.17. The molecule has 0 heterocycles. The molecule has 0 amide bonds. The molecule has 0 aromatic carbocycles. The summed E-state index contributed by atoms with van der Waals surface area (Å²) in [7, 11) is 2.21. The van der Waals surface area contributed by atoms with Gasteiger partial charge in [-0.3, -0.25) is 0 Å². The predicted octanol–water partition coefficient (Wildman–Crippen LogP) is 4.16. The van der Waals surface area contributed by atoms with E-state index < -0.39 is 0 Å². The van der Waals surface area contributed by atoms with Crippen molar-refractivity contribution in [1.29, 1.82) is 0 Å². The van der Waals surface area contributed by atoms with Gasteiger partial charge in [-0.15, -0.1) is 0 Å². The van der Waals surface area contributed by atoms with E-state index in [9.17, 15) is 0 Å². The number of nitrogens with one attached hydrogen (secondary N) is 1. The van der Waals surface area contributed by atoms with E-state index in [4.69, 9.17) is 0 Å². The second kappa shape index (κ2) is 21.2. The summed E-state index contributed by atoms with van der Waals surface area (Å²) in [5, 5.41) is 3.43. The lowest BCUT2D eigenvalue weighted by molar-refractivity contribution is 0.319. The average molecular weight is 246 g/mol. The Morgan fingerprint density at radius 1 is 0.941 bits per heavy atom. The molecule has 0 aromatic heterocycles. The van der Waals surface area contributed by atoms with Gasteiger partial charge in [-0.1, -0.05) is 61.3 Å². The van der Waals surface area contributed by atoms with Crippen molar-refractivity contribution < 1.29 is 0 Å². The minimum atomic E-state index is 0.615. The average Bonchev–Trinajstić information content (AvgIpc) is 2.34. The SMILES string of the molecule is CC.CC.CCCCCN(C)CCNC(C)C. The Morgan fingerprint density at radius 3 is 1.88 bits per heavy atom. The van der Waals surface area contributed by atoms with Crippen LogP contribution in [0.1, 0.15) is 67.7 Å². The maximum Gasteiger partial charge on any atom is 0.0104 e. The molecule has 0 aliphatic rings. The Bertz CT molecular complexity index is 103. The lowest BCUT2D eigenvalue weighted by Crippen LogP contribution is -2.33. The summed E-state index contributed by atoms with van der Waals surface area (Å²) in [5.74, 6) is 0. The third-order valence-electron chi connectivity index (χ3n) is 2.19. The molecule has 2 nitrogen and oxygen atoms in total. The Morgan fingerprint density at radius 2 is 1.47 bits per heavy atom. The van der Waals surface area contributed by atoms with Gasteiger partial charge in [-0.2, -0.15) is 0 Å². The Balaban J connectivity index is -0.000000439. The number of likely N-dealkylation sites (N-methyl/N-ethyl adjacent to an activating group) is 1. The lowest BCUT2D eigenvalue weighted by atomic mass is 10.2. The second-order valence-electron chi connectivity index (χ2n) is 4.12. The van der Waals surface area contributed by atoms with Gasteiger partial charge in [0.05, 0.1) is 0 Å². The van der Waals surface area contributed by atoms with E-state index in [1.165, 1.54) is 32.4 Å². The van der Waals surface area contributed by atoms with Gasteiger partial charge in [0.15, 0.2) is 0 Å². The quantitative estimate of drug-likeness (QED) is 0.647. The molecule has 1 N–H and O–H groups in total. The minimum absolute atomic E-state index is 0.615. The summed E-state index contributed by atoms with van der Waals surface area (Å²) in [5.41, 5.74) is 0. The fraction of sp³-hybridized carbons (Fsp3) is 1.00. The molecule has 17 heavy (non-hydrogen) atoms. The first-order valence-corrected chi connectivity index (χ1v) is 7.58. The van der Waals surface area contributed by atoms with Gasteiger partial charge >= 0.3 is 0 Å². The van der Waals surface area contributed by atoms with Gasteiger partial charge in [0.25, 0.3) is 0 Å². The highest BCUT2D eigenvalue weighted by atomic mass is 15.1. The molecule has 0 bridgehead atoms. The van der Waals surface area contributed by atoms with Crippen molar-refractivity contribution in [3.05, 3.63) is 0 Å². The van der Waals surface area contributed by atoms with Crippen LogP contribution in [0.15, 0.2) is 0 Å². The molecule has 0 aliphatic heterocycles. The van der Waals surface area contributed by atoms with E-state index in [-0.39, 0.29) is 0 Å². The number of hydrogen-bond donors (Lipinski definition) is 1. The van der Waals surface area contributed by atoms with Crippen LogP contribution in [0.25, 0.3) is 0 Å². The number of unbranched alkanes of at least 4 members (excludes halogenated alkanes) is 2. The molecule has 2 heteroatoms. The molecular formula is C15H38N2. The highest BCUT2D eigenvalue weighted by Gasteiger charge is 1.97. The van der Waals surface area contributed by atoms with E-state index in [0.29, 0.717) is 6.04 Å². The van der Waals surface area contributed by atoms with E-state index in [2.05, 4.69) is 38.0 Å². The molecular weight excluding hydrogens is 208 g/mol. The minimum Gasteiger partial charge on any atom is -0.313 e. The second-order valence-corrected chi connectivity index (χ2v) is 4.12. The molecule has 0 rings (SSSR count). The van der Waals surface area contributed by atoms with E-state index in [1.807, 2.05) is 27.7 Å².